The zero-order valence-electron chi connectivity index (χ0n) is 11.6. The second-order valence-electron chi connectivity index (χ2n) is 5.38. The fraction of sp³-hybridized carbons (Fsp3) is 0.733. The average Bonchev–Trinajstić information content (AvgIpc) is 2.76. The molecule has 0 bridgehead atoms. The molecule has 0 radical (unpaired) electrons. The molecule has 1 aromatic rings. The number of furan rings is 1. The van der Waals surface area contributed by atoms with Crippen LogP contribution in [0.4, 0.5) is 0 Å². The zero-order chi connectivity index (χ0) is 13.2. The fourth-order valence-corrected chi connectivity index (χ4v) is 3.86. The van der Waals surface area contributed by atoms with Gasteiger partial charge in [-0.2, -0.15) is 0 Å². The molecule has 18 heavy (non-hydrogen) atoms. The number of rotatable bonds is 6. The highest BCUT2D eigenvalue weighted by atomic mass is 79.9. The summed E-state index contributed by atoms with van der Waals surface area (Å²) in [6.07, 6.45) is 4.85. The fourth-order valence-electron chi connectivity index (χ4n) is 3.54. The summed E-state index contributed by atoms with van der Waals surface area (Å²) in [6, 6.07) is 4.80. The molecule has 0 spiro atoms. The minimum absolute atomic E-state index is 0.381. The second-order valence-corrected chi connectivity index (χ2v) is 6.16. The lowest BCUT2D eigenvalue weighted by molar-refractivity contribution is 0.00883. The molecule has 2 nitrogen and oxygen atoms in total. The second kappa shape index (κ2) is 5.79. The van der Waals surface area contributed by atoms with Gasteiger partial charge in [0.25, 0.3) is 0 Å². The first-order valence-electron chi connectivity index (χ1n) is 7.16. The van der Waals surface area contributed by atoms with Crippen molar-refractivity contribution >= 4 is 15.9 Å². The summed E-state index contributed by atoms with van der Waals surface area (Å²) >= 11 is 3.41. The van der Waals surface area contributed by atoms with E-state index in [4.69, 9.17) is 4.42 Å². The molecule has 1 saturated carbocycles. The summed E-state index contributed by atoms with van der Waals surface area (Å²) in [5, 5.41) is 3.71. The summed E-state index contributed by atoms with van der Waals surface area (Å²) in [4.78, 5) is 0. The Bertz CT molecular complexity index is 384. The van der Waals surface area contributed by atoms with Crippen LogP contribution in [0.15, 0.2) is 21.2 Å². The van der Waals surface area contributed by atoms with Gasteiger partial charge in [0.2, 0.25) is 0 Å². The minimum Gasteiger partial charge on any atom is -0.454 e. The van der Waals surface area contributed by atoms with Crippen LogP contribution < -0.4 is 5.32 Å². The average molecular weight is 314 g/mol. The first-order chi connectivity index (χ1) is 8.67. The van der Waals surface area contributed by atoms with E-state index in [0.717, 1.165) is 17.0 Å². The van der Waals surface area contributed by atoms with Crippen molar-refractivity contribution in [3.05, 3.63) is 22.6 Å². The van der Waals surface area contributed by atoms with Gasteiger partial charge in [0, 0.05) is 12.0 Å². The Morgan fingerprint density at radius 2 is 2.06 bits per heavy atom. The van der Waals surface area contributed by atoms with Gasteiger partial charge >= 0.3 is 0 Å². The highest BCUT2D eigenvalue weighted by molar-refractivity contribution is 9.10. The molecule has 1 N–H and O–H groups in total. The number of hydrogen-bond acceptors (Lipinski definition) is 2. The van der Waals surface area contributed by atoms with E-state index < -0.39 is 0 Å². The van der Waals surface area contributed by atoms with Gasteiger partial charge in [-0.05, 0) is 65.7 Å². The van der Waals surface area contributed by atoms with Crippen LogP contribution in [0.3, 0.4) is 0 Å². The van der Waals surface area contributed by atoms with Gasteiger partial charge in [-0.25, -0.2) is 0 Å². The quantitative estimate of drug-likeness (QED) is 0.823. The van der Waals surface area contributed by atoms with Crippen LogP contribution in [0.1, 0.15) is 58.1 Å². The third-order valence-corrected chi connectivity index (χ3v) is 5.18. The number of nitrogens with one attached hydrogen (secondary N) is 1. The molecule has 0 aliphatic heterocycles. The van der Waals surface area contributed by atoms with E-state index in [1.807, 2.05) is 6.07 Å². The van der Waals surface area contributed by atoms with Crippen molar-refractivity contribution in [2.45, 2.75) is 58.4 Å². The number of hydrogen-bond donors (Lipinski definition) is 1. The van der Waals surface area contributed by atoms with E-state index >= 15 is 0 Å². The molecule has 2 unspecified atom stereocenters. The van der Waals surface area contributed by atoms with Gasteiger partial charge in [-0.3, -0.25) is 0 Å². The van der Waals surface area contributed by atoms with Crippen molar-refractivity contribution in [3.8, 4) is 0 Å². The van der Waals surface area contributed by atoms with Crippen molar-refractivity contribution in [1.82, 2.24) is 5.32 Å². The molecule has 1 aliphatic carbocycles. The Hall–Kier alpha value is -0.280. The molecule has 1 fully saturated rings. The molecule has 2 atom stereocenters. The van der Waals surface area contributed by atoms with Gasteiger partial charge in [-0.1, -0.05) is 20.8 Å². The van der Waals surface area contributed by atoms with Crippen LogP contribution >= 0.6 is 15.9 Å². The first-order valence-corrected chi connectivity index (χ1v) is 7.95. The predicted octanol–water partition coefficient (Wildman–Crippen LogP) is 4.70. The molecule has 1 heterocycles. The monoisotopic (exact) mass is 313 g/mol. The Kier molecular flexibility index (Phi) is 4.54. The van der Waals surface area contributed by atoms with Gasteiger partial charge in [0.1, 0.15) is 5.76 Å². The molecular formula is C15H24BrNO. The Morgan fingerprint density at radius 3 is 2.56 bits per heavy atom. The lowest BCUT2D eigenvalue weighted by Crippen LogP contribution is -2.58. The summed E-state index contributed by atoms with van der Waals surface area (Å²) in [7, 11) is 0. The van der Waals surface area contributed by atoms with Crippen molar-refractivity contribution in [3.63, 3.8) is 0 Å². The summed E-state index contributed by atoms with van der Waals surface area (Å²) in [6.45, 7) is 7.98. The summed E-state index contributed by atoms with van der Waals surface area (Å²) < 4.78 is 6.64. The highest BCUT2D eigenvalue weighted by Gasteiger charge is 2.53. The SMILES string of the molecule is CCCNC1CC(c2ccc(Br)o2)C1(CC)CC. The maximum atomic E-state index is 5.79. The molecule has 3 heteroatoms. The van der Waals surface area contributed by atoms with Crippen LogP contribution in [0.5, 0.6) is 0 Å². The van der Waals surface area contributed by atoms with E-state index in [0.29, 0.717) is 17.4 Å². The van der Waals surface area contributed by atoms with Crippen LogP contribution in [-0.4, -0.2) is 12.6 Å². The van der Waals surface area contributed by atoms with Crippen molar-refractivity contribution in [1.29, 1.82) is 0 Å². The maximum absolute atomic E-state index is 5.79. The minimum atomic E-state index is 0.381. The van der Waals surface area contributed by atoms with Crippen molar-refractivity contribution < 1.29 is 4.42 Å². The molecular weight excluding hydrogens is 290 g/mol. The molecule has 2 rings (SSSR count). The molecule has 1 aromatic heterocycles. The highest BCUT2D eigenvalue weighted by Crippen LogP contribution is 2.57. The van der Waals surface area contributed by atoms with Gasteiger partial charge in [-0.15, -0.1) is 0 Å². The first kappa shape index (κ1) is 14.1. The van der Waals surface area contributed by atoms with E-state index in [-0.39, 0.29) is 0 Å². The third-order valence-electron chi connectivity index (χ3n) is 4.75. The van der Waals surface area contributed by atoms with E-state index in [2.05, 4.69) is 48.1 Å². The normalized spacial score (nSPS) is 26.0. The Morgan fingerprint density at radius 1 is 1.33 bits per heavy atom. The van der Waals surface area contributed by atoms with E-state index in [1.165, 1.54) is 25.7 Å². The topological polar surface area (TPSA) is 25.2 Å². The number of halogens is 1. The zero-order valence-corrected chi connectivity index (χ0v) is 13.2. The Labute approximate surface area is 119 Å². The maximum Gasteiger partial charge on any atom is 0.169 e. The lowest BCUT2D eigenvalue weighted by atomic mass is 9.53. The standard InChI is InChI=1S/C15H24BrNO/c1-4-9-17-13-10-11(15(13,5-2)6-3)12-7-8-14(16)18-12/h7-8,11,13,17H,4-6,9-10H2,1-3H3. The lowest BCUT2D eigenvalue weighted by Gasteiger charge is -2.55. The molecule has 1 aliphatic rings. The van der Waals surface area contributed by atoms with Crippen molar-refractivity contribution in [2.75, 3.05) is 6.54 Å². The predicted molar refractivity (Wildman–Crippen MR) is 78.9 cm³/mol. The van der Waals surface area contributed by atoms with Crippen LogP contribution in [0, 0.1) is 5.41 Å². The molecule has 0 amide bonds. The van der Waals surface area contributed by atoms with Crippen molar-refractivity contribution in [2.24, 2.45) is 5.41 Å². The third kappa shape index (κ3) is 2.27. The molecule has 0 saturated heterocycles. The molecule has 0 aromatic carbocycles. The summed E-state index contributed by atoms with van der Waals surface area (Å²) in [5.74, 6) is 1.73. The van der Waals surface area contributed by atoms with E-state index in [1.54, 1.807) is 0 Å². The van der Waals surface area contributed by atoms with Gasteiger partial charge < -0.3 is 9.73 Å². The van der Waals surface area contributed by atoms with Gasteiger partial charge in [0.15, 0.2) is 4.67 Å². The van der Waals surface area contributed by atoms with Crippen LogP contribution in [-0.2, 0) is 0 Å². The van der Waals surface area contributed by atoms with Crippen LogP contribution in [0.25, 0.3) is 0 Å². The smallest absolute Gasteiger partial charge is 0.169 e. The van der Waals surface area contributed by atoms with E-state index in [9.17, 15) is 0 Å². The van der Waals surface area contributed by atoms with Gasteiger partial charge in [0.05, 0.1) is 0 Å². The summed E-state index contributed by atoms with van der Waals surface area (Å²) in [5.41, 5.74) is 0.381. The Balaban J connectivity index is 2.13. The van der Waals surface area contributed by atoms with Crippen LogP contribution in [0.2, 0.25) is 0 Å². The molecule has 102 valence electrons. The largest absolute Gasteiger partial charge is 0.454 e.